The van der Waals surface area contributed by atoms with E-state index in [1.807, 2.05) is 0 Å². The number of benzene rings is 2. The maximum absolute atomic E-state index is 12.3. The molecule has 6 heteroatoms. The number of ether oxygens (including phenoxy) is 1. The van der Waals surface area contributed by atoms with Gasteiger partial charge in [0.05, 0.1) is 7.11 Å². The summed E-state index contributed by atoms with van der Waals surface area (Å²) in [5.41, 5.74) is -0.0394. The van der Waals surface area contributed by atoms with Gasteiger partial charge in [-0.15, -0.1) is 0 Å². The van der Waals surface area contributed by atoms with Crippen LogP contribution in [-0.2, 0) is 0 Å². The second-order valence-corrected chi connectivity index (χ2v) is 4.67. The molecule has 0 aliphatic rings. The summed E-state index contributed by atoms with van der Waals surface area (Å²) in [6, 6.07) is 8.43. The van der Waals surface area contributed by atoms with Crippen LogP contribution >= 0.6 is 0 Å². The number of methoxy groups -OCH3 is 1. The Balaban J connectivity index is 2.35. The predicted molar refractivity (Wildman–Crippen MR) is 79.5 cm³/mol. The maximum Gasteiger partial charge on any atom is 0.202 e. The molecule has 0 unspecified atom stereocenters. The van der Waals surface area contributed by atoms with Crippen molar-refractivity contribution in [2.24, 2.45) is 0 Å². The van der Waals surface area contributed by atoms with E-state index in [9.17, 15) is 20.1 Å². The van der Waals surface area contributed by atoms with Gasteiger partial charge in [0.1, 0.15) is 22.6 Å². The van der Waals surface area contributed by atoms with Gasteiger partial charge in [0.2, 0.25) is 5.75 Å². The highest BCUT2D eigenvalue weighted by molar-refractivity contribution is 5.91. The summed E-state index contributed by atoms with van der Waals surface area (Å²) in [5, 5.41) is 29.0. The molecule has 0 aliphatic heterocycles. The second-order valence-electron chi connectivity index (χ2n) is 4.67. The number of aromatic hydroxyl groups is 3. The van der Waals surface area contributed by atoms with Gasteiger partial charge in [-0.1, -0.05) is 0 Å². The zero-order chi connectivity index (χ0) is 15.9. The SMILES string of the molecule is COc1cc(O)c(O)c2oc(-c3ccc(O)cc3)cc(=O)c12. The van der Waals surface area contributed by atoms with Crippen LogP contribution in [0.3, 0.4) is 0 Å². The molecule has 3 rings (SSSR count). The number of rotatable bonds is 2. The van der Waals surface area contributed by atoms with Crippen LogP contribution in [0.4, 0.5) is 0 Å². The van der Waals surface area contributed by atoms with E-state index >= 15 is 0 Å². The number of phenolic OH excluding ortho intramolecular Hbond substituents is 3. The molecule has 3 N–H and O–H groups in total. The van der Waals surface area contributed by atoms with Crippen molar-refractivity contribution in [2.75, 3.05) is 7.11 Å². The minimum absolute atomic E-state index is 0.0420. The van der Waals surface area contributed by atoms with Crippen LogP contribution in [-0.4, -0.2) is 22.4 Å². The summed E-state index contributed by atoms with van der Waals surface area (Å²) < 4.78 is 10.6. The predicted octanol–water partition coefficient (Wildman–Crippen LogP) is 2.59. The summed E-state index contributed by atoms with van der Waals surface area (Å²) in [6.45, 7) is 0. The van der Waals surface area contributed by atoms with Gasteiger partial charge in [-0.25, -0.2) is 0 Å². The second kappa shape index (κ2) is 5.00. The molecule has 3 aromatic rings. The minimum Gasteiger partial charge on any atom is -0.508 e. The van der Waals surface area contributed by atoms with E-state index in [1.54, 1.807) is 12.1 Å². The summed E-state index contributed by atoms with van der Waals surface area (Å²) in [7, 11) is 1.35. The van der Waals surface area contributed by atoms with Crippen molar-refractivity contribution < 1.29 is 24.5 Å². The molecule has 112 valence electrons. The van der Waals surface area contributed by atoms with Crippen molar-refractivity contribution in [1.29, 1.82) is 0 Å². The van der Waals surface area contributed by atoms with Crippen molar-refractivity contribution in [1.82, 2.24) is 0 Å². The average molecular weight is 300 g/mol. The van der Waals surface area contributed by atoms with E-state index in [-0.39, 0.29) is 28.2 Å². The van der Waals surface area contributed by atoms with Gasteiger partial charge in [-0.05, 0) is 24.3 Å². The Labute approximate surface area is 124 Å². The molecule has 1 aromatic heterocycles. The van der Waals surface area contributed by atoms with Gasteiger partial charge in [-0.3, -0.25) is 4.79 Å². The number of fused-ring (bicyclic) bond motifs is 1. The van der Waals surface area contributed by atoms with Gasteiger partial charge in [-0.2, -0.15) is 0 Å². The van der Waals surface area contributed by atoms with Crippen molar-refractivity contribution in [2.45, 2.75) is 0 Å². The first kappa shape index (κ1) is 13.8. The lowest BCUT2D eigenvalue weighted by Crippen LogP contribution is -2.03. The van der Waals surface area contributed by atoms with E-state index in [2.05, 4.69) is 0 Å². The van der Waals surface area contributed by atoms with Gasteiger partial charge in [0, 0.05) is 17.7 Å². The number of hydrogen-bond acceptors (Lipinski definition) is 6. The first-order valence-corrected chi connectivity index (χ1v) is 6.37. The van der Waals surface area contributed by atoms with E-state index in [4.69, 9.17) is 9.15 Å². The molecular weight excluding hydrogens is 288 g/mol. The molecule has 0 radical (unpaired) electrons. The minimum atomic E-state index is -0.534. The normalized spacial score (nSPS) is 10.8. The Morgan fingerprint density at radius 1 is 1.05 bits per heavy atom. The molecule has 0 spiro atoms. The van der Waals surface area contributed by atoms with E-state index in [1.165, 1.54) is 25.3 Å². The zero-order valence-corrected chi connectivity index (χ0v) is 11.5. The number of hydrogen-bond donors (Lipinski definition) is 3. The highest BCUT2D eigenvalue weighted by Crippen LogP contribution is 2.39. The molecule has 22 heavy (non-hydrogen) atoms. The Morgan fingerprint density at radius 2 is 1.73 bits per heavy atom. The van der Waals surface area contributed by atoms with Crippen LogP contribution in [0.5, 0.6) is 23.0 Å². The number of phenols is 3. The lowest BCUT2D eigenvalue weighted by atomic mass is 10.1. The fourth-order valence-electron chi connectivity index (χ4n) is 2.20. The maximum atomic E-state index is 12.3. The first-order chi connectivity index (χ1) is 10.5. The lowest BCUT2D eigenvalue weighted by Gasteiger charge is -2.09. The van der Waals surface area contributed by atoms with Gasteiger partial charge in [0.15, 0.2) is 16.8 Å². The Hall–Kier alpha value is -3.15. The van der Waals surface area contributed by atoms with Crippen molar-refractivity contribution in [3.8, 4) is 34.3 Å². The first-order valence-electron chi connectivity index (χ1n) is 6.37. The van der Waals surface area contributed by atoms with E-state index in [0.717, 1.165) is 6.07 Å². The fourth-order valence-corrected chi connectivity index (χ4v) is 2.20. The summed E-state index contributed by atoms with van der Waals surface area (Å²) in [5.74, 6) is -0.602. The van der Waals surface area contributed by atoms with Crippen LogP contribution in [0, 0.1) is 0 Å². The molecule has 1 heterocycles. The van der Waals surface area contributed by atoms with Crippen LogP contribution < -0.4 is 10.2 Å². The van der Waals surface area contributed by atoms with Crippen LogP contribution in [0.2, 0.25) is 0 Å². The van der Waals surface area contributed by atoms with Crippen LogP contribution in [0.15, 0.2) is 45.6 Å². The molecular formula is C16H12O6. The van der Waals surface area contributed by atoms with E-state index in [0.29, 0.717) is 5.56 Å². The van der Waals surface area contributed by atoms with Crippen LogP contribution in [0.25, 0.3) is 22.3 Å². The van der Waals surface area contributed by atoms with Gasteiger partial charge < -0.3 is 24.5 Å². The monoisotopic (exact) mass is 300 g/mol. The van der Waals surface area contributed by atoms with Crippen molar-refractivity contribution >= 4 is 11.0 Å². The topological polar surface area (TPSA) is 100 Å². The Bertz CT molecular complexity index is 909. The largest absolute Gasteiger partial charge is 0.508 e. The standard InChI is InChI=1S/C16H12O6/c1-21-13-7-11(19)15(20)16-14(13)10(18)6-12(22-16)8-2-4-9(17)5-3-8/h2-7,17,19-20H,1H3. The van der Waals surface area contributed by atoms with Gasteiger partial charge >= 0.3 is 0 Å². The summed E-state index contributed by atoms with van der Waals surface area (Å²) >= 11 is 0. The quantitative estimate of drug-likeness (QED) is 0.629. The van der Waals surface area contributed by atoms with Crippen molar-refractivity contribution in [3.63, 3.8) is 0 Å². The lowest BCUT2D eigenvalue weighted by molar-refractivity contribution is 0.386. The van der Waals surface area contributed by atoms with Gasteiger partial charge in [0.25, 0.3) is 0 Å². The Kier molecular flexibility index (Phi) is 3.14. The molecule has 0 bridgehead atoms. The molecule has 0 amide bonds. The van der Waals surface area contributed by atoms with E-state index < -0.39 is 16.9 Å². The summed E-state index contributed by atoms with van der Waals surface area (Å²) in [4.78, 5) is 12.3. The van der Waals surface area contributed by atoms with Crippen LogP contribution in [0.1, 0.15) is 0 Å². The zero-order valence-electron chi connectivity index (χ0n) is 11.5. The molecule has 6 nitrogen and oxygen atoms in total. The third kappa shape index (κ3) is 2.10. The molecule has 0 fully saturated rings. The highest BCUT2D eigenvalue weighted by Gasteiger charge is 2.18. The average Bonchev–Trinajstić information content (AvgIpc) is 2.51. The molecule has 0 saturated heterocycles. The molecule has 0 aliphatic carbocycles. The smallest absolute Gasteiger partial charge is 0.202 e. The van der Waals surface area contributed by atoms with Crippen molar-refractivity contribution in [3.05, 3.63) is 46.6 Å². The Morgan fingerprint density at radius 3 is 2.36 bits per heavy atom. The highest BCUT2D eigenvalue weighted by atomic mass is 16.5. The fraction of sp³-hybridized carbons (Fsp3) is 0.0625. The molecule has 0 atom stereocenters. The summed E-state index contributed by atoms with van der Waals surface area (Å²) in [6.07, 6.45) is 0. The molecule has 0 saturated carbocycles. The third-order valence-corrected chi connectivity index (χ3v) is 3.29. The third-order valence-electron chi connectivity index (χ3n) is 3.29. The molecule has 2 aromatic carbocycles.